The number of nitrogens with zero attached hydrogens (tertiary/aromatic N) is 2. The van der Waals surface area contributed by atoms with E-state index >= 15 is 0 Å². The van der Waals surface area contributed by atoms with Gasteiger partial charge in [0.05, 0.1) is 17.8 Å². The van der Waals surface area contributed by atoms with Crippen LogP contribution in [0.2, 0.25) is 0 Å². The molecule has 1 atom stereocenters. The fourth-order valence-corrected chi connectivity index (χ4v) is 2.43. The second kappa shape index (κ2) is 6.45. The number of nitrogens with one attached hydrogen (secondary N) is 2. The molecule has 0 spiro atoms. The fourth-order valence-electron chi connectivity index (χ4n) is 2.43. The number of carboxylic acid groups (broad SMARTS) is 1. The summed E-state index contributed by atoms with van der Waals surface area (Å²) in [6, 6.07) is 6.23. The van der Waals surface area contributed by atoms with Crippen molar-refractivity contribution in [3.8, 4) is 0 Å². The molecule has 24 heavy (non-hydrogen) atoms. The normalized spacial score (nSPS) is 12.0. The number of H-pyrrole nitrogens is 1. The predicted molar refractivity (Wildman–Crippen MR) is 82.7 cm³/mol. The van der Waals surface area contributed by atoms with Gasteiger partial charge in [0.15, 0.2) is 0 Å². The highest BCUT2D eigenvalue weighted by molar-refractivity contribution is 6.03. The summed E-state index contributed by atoms with van der Waals surface area (Å²) < 4.78 is 13.4. The van der Waals surface area contributed by atoms with Crippen LogP contribution in [0.1, 0.15) is 28.5 Å². The van der Waals surface area contributed by atoms with Gasteiger partial charge < -0.3 is 15.4 Å². The van der Waals surface area contributed by atoms with E-state index in [0.29, 0.717) is 16.6 Å². The summed E-state index contributed by atoms with van der Waals surface area (Å²) in [6.07, 6.45) is 2.48. The highest BCUT2D eigenvalue weighted by Crippen LogP contribution is 2.20. The minimum atomic E-state index is -1.11. The molecule has 122 valence electrons. The third-order valence-electron chi connectivity index (χ3n) is 3.50. The van der Waals surface area contributed by atoms with Crippen LogP contribution in [0.5, 0.6) is 0 Å². The molecule has 2 heterocycles. The summed E-state index contributed by atoms with van der Waals surface area (Å²) in [5, 5.41) is 12.2. The van der Waals surface area contributed by atoms with Crippen molar-refractivity contribution in [2.24, 2.45) is 0 Å². The molecule has 7 nitrogen and oxygen atoms in total. The van der Waals surface area contributed by atoms with Gasteiger partial charge in [-0.15, -0.1) is 0 Å². The molecule has 1 amide bonds. The number of rotatable bonds is 5. The Morgan fingerprint density at radius 1 is 1.29 bits per heavy atom. The van der Waals surface area contributed by atoms with Crippen molar-refractivity contribution in [3.63, 3.8) is 0 Å². The zero-order valence-corrected chi connectivity index (χ0v) is 12.4. The molecule has 1 aromatic carbocycles. The first kappa shape index (κ1) is 15.6. The molecule has 0 radical (unpaired) electrons. The molecule has 0 aliphatic carbocycles. The number of carbonyl (C=O) groups excluding carboxylic acids is 1. The molecule has 3 aromatic rings. The molecule has 3 N–H and O–H groups in total. The maximum atomic E-state index is 13.4. The maximum Gasteiger partial charge on any atom is 0.305 e. The molecular formula is C16H13FN4O3. The lowest BCUT2D eigenvalue weighted by atomic mass is 10.0. The van der Waals surface area contributed by atoms with E-state index in [1.807, 2.05) is 0 Å². The number of carboxylic acids is 1. The Balaban J connectivity index is 1.91. The van der Waals surface area contributed by atoms with Crippen LogP contribution < -0.4 is 5.32 Å². The Kier molecular flexibility index (Phi) is 4.19. The van der Waals surface area contributed by atoms with Crippen molar-refractivity contribution in [2.75, 3.05) is 0 Å². The average molecular weight is 328 g/mol. The number of benzene rings is 1. The molecule has 8 heteroatoms. The number of amides is 1. The fraction of sp³-hybridized carbons (Fsp3) is 0.125. The lowest BCUT2D eigenvalue weighted by Crippen LogP contribution is -2.31. The van der Waals surface area contributed by atoms with E-state index in [-0.39, 0.29) is 12.1 Å². The largest absolute Gasteiger partial charge is 0.481 e. The minimum Gasteiger partial charge on any atom is -0.481 e. The van der Waals surface area contributed by atoms with Crippen LogP contribution in [-0.4, -0.2) is 31.9 Å². The molecule has 3 rings (SSSR count). The van der Waals surface area contributed by atoms with Gasteiger partial charge in [-0.05, 0) is 23.8 Å². The molecule has 0 saturated carbocycles. The number of carbonyl (C=O) groups is 2. The molecule has 0 saturated heterocycles. The Bertz CT molecular complexity index is 909. The van der Waals surface area contributed by atoms with E-state index in [0.717, 1.165) is 0 Å². The number of fused-ring (bicyclic) bond motifs is 1. The topological polar surface area (TPSA) is 108 Å². The molecule has 0 bridgehead atoms. The number of halogens is 1. The second-order valence-corrected chi connectivity index (χ2v) is 5.14. The minimum absolute atomic E-state index is 0.119. The van der Waals surface area contributed by atoms with Crippen LogP contribution in [0.25, 0.3) is 11.0 Å². The van der Waals surface area contributed by atoms with E-state index in [2.05, 4.69) is 20.3 Å². The summed E-state index contributed by atoms with van der Waals surface area (Å²) in [5.41, 5.74) is 0.980. The Morgan fingerprint density at radius 2 is 2.12 bits per heavy atom. The average Bonchev–Trinajstić information content (AvgIpc) is 3.02. The van der Waals surface area contributed by atoms with E-state index in [1.54, 1.807) is 18.3 Å². The quantitative estimate of drug-likeness (QED) is 0.664. The van der Waals surface area contributed by atoms with Crippen LogP contribution in [-0.2, 0) is 4.79 Å². The summed E-state index contributed by atoms with van der Waals surface area (Å²) in [6.45, 7) is 0. The van der Waals surface area contributed by atoms with Crippen LogP contribution >= 0.6 is 0 Å². The highest BCUT2D eigenvalue weighted by Gasteiger charge is 2.21. The van der Waals surface area contributed by atoms with Crippen molar-refractivity contribution in [3.05, 3.63) is 59.9 Å². The van der Waals surface area contributed by atoms with Crippen molar-refractivity contribution in [1.29, 1.82) is 0 Å². The molecule has 0 unspecified atom stereocenters. The van der Waals surface area contributed by atoms with Crippen molar-refractivity contribution in [2.45, 2.75) is 12.5 Å². The highest BCUT2D eigenvalue weighted by atomic mass is 19.1. The number of hydrogen-bond acceptors (Lipinski definition) is 4. The Hall–Kier alpha value is -3.29. The second-order valence-electron chi connectivity index (χ2n) is 5.14. The summed E-state index contributed by atoms with van der Waals surface area (Å²) in [4.78, 5) is 34.4. The summed E-state index contributed by atoms with van der Waals surface area (Å²) in [7, 11) is 0. The van der Waals surface area contributed by atoms with Crippen LogP contribution in [0.3, 0.4) is 0 Å². The monoisotopic (exact) mass is 328 g/mol. The zero-order chi connectivity index (χ0) is 17.1. The van der Waals surface area contributed by atoms with Gasteiger partial charge in [0, 0.05) is 6.20 Å². The SMILES string of the molecule is O=C(O)C[C@@H](NC(=O)c1ncnc2[nH]ccc12)c1cccc(F)c1. The summed E-state index contributed by atoms with van der Waals surface area (Å²) >= 11 is 0. The first-order valence-electron chi connectivity index (χ1n) is 7.11. The number of aromatic amines is 1. The first-order chi connectivity index (χ1) is 11.5. The predicted octanol–water partition coefficient (Wildman–Crippen LogP) is 2.04. The van der Waals surface area contributed by atoms with Gasteiger partial charge in [0.25, 0.3) is 5.91 Å². The van der Waals surface area contributed by atoms with E-state index in [4.69, 9.17) is 5.11 Å². The third kappa shape index (κ3) is 3.22. The lowest BCUT2D eigenvalue weighted by Gasteiger charge is -2.17. The van der Waals surface area contributed by atoms with E-state index in [9.17, 15) is 14.0 Å². The Morgan fingerprint density at radius 3 is 2.88 bits per heavy atom. The van der Waals surface area contributed by atoms with Gasteiger partial charge in [0.1, 0.15) is 23.5 Å². The van der Waals surface area contributed by atoms with Crippen molar-refractivity contribution < 1.29 is 19.1 Å². The van der Waals surface area contributed by atoms with Crippen molar-refractivity contribution in [1.82, 2.24) is 20.3 Å². The van der Waals surface area contributed by atoms with Gasteiger partial charge in [0.2, 0.25) is 0 Å². The smallest absolute Gasteiger partial charge is 0.305 e. The van der Waals surface area contributed by atoms with Gasteiger partial charge in [-0.25, -0.2) is 14.4 Å². The van der Waals surface area contributed by atoms with E-state index in [1.165, 1.54) is 24.5 Å². The van der Waals surface area contributed by atoms with Crippen LogP contribution in [0, 0.1) is 5.82 Å². The lowest BCUT2D eigenvalue weighted by molar-refractivity contribution is -0.137. The Labute approximate surface area is 135 Å². The van der Waals surface area contributed by atoms with Gasteiger partial charge in [-0.3, -0.25) is 9.59 Å². The molecule has 2 aromatic heterocycles. The molecule has 0 aliphatic rings. The van der Waals surface area contributed by atoms with Gasteiger partial charge >= 0.3 is 5.97 Å². The zero-order valence-electron chi connectivity index (χ0n) is 12.4. The summed E-state index contributed by atoms with van der Waals surface area (Å²) in [5.74, 6) is -2.18. The maximum absolute atomic E-state index is 13.4. The third-order valence-corrected chi connectivity index (χ3v) is 3.50. The van der Waals surface area contributed by atoms with Gasteiger partial charge in [-0.1, -0.05) is 12.1 Å². The van der Waals surface area contributed by atoms with Crippen molar-refractivity contribution >= 4 is 22.9 Å². The standard InChI is InChI=1S/C16H13FN4O3/c17-10-3-1-2-9(6-10)12(7-13(22)23)21-16(24)14-11-4-5-18-15(11)20-8-19-14/h1-6,8,12H,7H2,(H,21,24)(H,22,23)(H,18,19,20)/t12-/m1/s1. The van der Waals surface area contributed by atoms with Gasteiger partial charge in [-0.2, -0.15) is 0 Å². The first-order valence-corrected chi connectivity index (χ1v) is 7.11. The molecule has 0 fully saturated rings. The van der Waals surface area contributed by atoms with E-state index < -0.39 is 23.7 Å². The number of aliphatic carboxylic acids is 1. The molecule has 0 aliphatic heterocycles. The molecular weight excluding hydrogens is 315 g/mol. The van der Waals surface area contributed by atoms with Crippen LogP contribution in [0.15, 0.2) is 42.9 Å². The number of hydrogen-bond donors (Lipinski definition) is 3. The number of aromatic nitrogens is 3. The van der Waals surface area contributed by atoms with Crippen LogP contribution in [0.4, 0.5) is 4.39 Å².